The van der Waals surface area contributed by atoms with E-state index >= 15 is 0 Å². The second kappa shape index (κ2) is 4.75. The third-order valence-corrected chi connectivity index (χ3v) is 4.68. The maximum Gasteiger partial charge on any atom is 0.416 e. The van der Waals surface area contributed by atoms with Gasteiger partial charge in [-0.2, -0.15) is 13.2 Å². The van der Waals surface area contributed by atoms with Gasteiger partial charge in [0, 0.05) is 5.75 Å². The monoisotopic (exact) mass is 262 g/mol. The molecule has 0 amide bonds. The van der Waals surface area contributed by atoms with Gasteiger partial charge in [0.05, 0.1) is 5.56 Å². The molecule has 1 fully saturated rings. The summed E-state index contributed by atoms with van der Waals surface area (Å²) in [5.74, 6) is 1.08. The van der Waals surface area contributed by atoms with Crippen molar-refractivity contribution in [2.45, 2.75) is 12.6 Å². The highest BCUT2D eigenvalue weighted by molar-refractivity contribution is 8.78. The molecule has 0 saturated carbocycles. The molecule has 1 aliphatic heterocycles. The third kappa shape index (κ3) is 2.98. The van der Waals surface area contributed by atoms with Crippen molar-refractivity contribution in [2.75, 3.05) is 5.75 Å². The first-order chi connectivity index (χ1) is 7.55. The van der Waals surface area contributed by atoms with E-state index in [0.717, 1.165) is 29.9 Å². The van der Waals surface area contributed by atoms with Crippen LogP contribution in [0.25, 0.3) is 6.08 Å². The summed E-state index contributed by atoms with van der Waals surface area (Å²) in [5, 5.41) is 0. The molecule has 0 aromatic heterocycles. The summed E-state index contributed by atoms with van der Waals surface area (Å²) in [5.41, 5.74) is 0.237. The number of halogens is 3. The lowest BCUT2D eigenvalue weighted by atomic mass is 10.1. The van der Waals surface area contributed by atoms with E-state index in [9.17, 15) is 13.2 Å². The zero-order chi connectivity index (χ0) is 11.6. The molecule has 1 aromatic carbocycles. The maximum atomic E-state index is 12.3. The summed E-state index contributed by atoms with van der Waals surface area (Å²) in [6.07, 6.45) is -1.29. The zero-order valence-corrected chi connectivity index (χ0v) is 9.88. The molecule has 0 aliphatic carbocycles. The number of hydrogen-bond donors (Lipinski definition) is 0. The van der Waals surface area contributed by atoms with Crippen molar-refractivity contribution in [2.24, 2.45) is 0 Å². The largest absolute Gasteiger partial charge is 0.416 e. The molecule has 0 radical (unpaired) electrons. The van der Waals surface area contributed by atoms with Gasteiger partial charge < -0.3 is 0 Å². The molecule has 1 heterocycles. The number of alkyl halides is 3. The van der Waals surface area contributed by atoms with Crippen LogP contribution in [-0.2, 0) is 6.18 Å². The van der Waals surface area contributed by atoms with Gasteiger partial charge in [-0.25, -0.2) is 0 Å². The van der Waals surface area contributed by atoms with Crippen LogP contribution in [0.15, 0.2) is 29.2 Å². The summed E-state index contributed by atoms with van der Waals surface area (Å²) in [6, 6.07) is 5.27. The molecule has 86 valence electrons. The lowest BCUT2D eigenvalue weighted by molar-refractivity contribution is -0.137. The average molecular weight is 262 g/mol. The molecule has 0 atom stereocenters. The zero-order valence-electron chi connectivity index (χ0n) is 8.25. The summed E-state index contributed by atoms with van der Waals surface area (Å²) < 4.78 is 36.9. The highest BCUT2D eigenvalue weighted by Crippen LogP contribution is 2.41. The van der Waals surface area contributed by atoms with E-state index in [2.05, 4.69) is 0 Å². The van der Waals surface area contributed by atoms with Crippen LogP contribution < -0.4 is 0 Å². The van der Waals surface area contributed by atoms with Gasteiger partial charge in [0.1, 0.15) is 0 Å². The lowest BCUT2D eigenvalue weighted by Crippen LogP contribution is -2.03. The smallest absolute Gasteiger partial charge is 0.166 e. The molecule has 2 rings (SSSR count). The Labute approximate surface area is 99.7 Å². The van der Waals surface area contributed by atoms with E-state index in [1.165, 1.54) is 17.0 Å². The standard InChI is InChI=1S/C11H9F3S2/c12-11(13,14)9-3-1-8(2-4-9)7-10-5-6-15-16-10/h1-4,7H,5-6H2/b10-7+. The summed E-state index contributed by atoms with van der Waals surface area (Å²) >= 11 is 0. The summed E-state index contributed by atoms with van der Waals surface area (Å²) in [6.45, 7) is 0. The van der Waals surface area contributed by atoms with Crippen molar-refractivity contribution in [1.82, 2.24) is 0 Å². The van der Waals surface area contributed by atoms with Crippen LogP contribution in [0.2, 0.25) is 0 Å². The number of benzene rings is 1. The minimum absolute atomic E-state index is 0.594. The number of hydrogen-bond acceptors (Lipinski definition) is 2. The highest BCUT2D eigenvalue weighted by atomic mass is 33.1. The number of rotatable bonds is 1. The first kappa shape index (κ1) is 11.9. The molecule has 1 aliphatic rings. The predicted molar refractivity (Wildman–Crippen MR) is 64.1 cm³/mol. The van der Waals surface area contributed by atoms with Gasteiger partial charge in [-0.15, -0.1) is 0 Å². The minimum atomic E-state index is -4.25. The molecular weight excluding hydrogens is 253 g/mol. The lowest BCUT2D eigenvalue weighted by Gasteiger charge is -2.06. The Hall–Kier alpha value is -0.550. The fourth-order valence-corrected chi connectivity index (χ4v) is 3.74. The summed E-state index contributed by atoms with van der Waals surface area (Å²) in [7, 11) is 3.48. The quantitative estimate of drug-likeness (QED) is 0.665. The first-order valence-electron chi connectivity index (χ1n) is 4.73. The Bertz CT molecular complexity index is 385. The van der Waals surface area contributed by atoms with Gasteiger partial charge in [0.25, 0.3) is 0 Å². The molecular formula is C11H9F3S2. The fourth-order valence-electron chi connectivity index (χ4n) is 1.35. The van der Waals surface area contributed by atoms with E-state index < -0.39 is 11.7 Å². The van der Waals surface area contributed by atoms with Crippen LogP contribution >= 0.6 is 21.6 Å². The molecule has 1 aromatic rings. The molecule has 0 bridgehead atoms. The van der Waals surface area contributed by atoms with Crippen LogP contribution in [0.5, 0.6) is 0 Å². The van der Waals surface area contributed by atoms with Crippen molar-refractivity contribution in [3.63, 3.8) is 0 Å². The van der Waals surface area contributed by atoms with E-state index in [1.54, 1.807) is 21.6 Å². The normalized spacial score (nSPS) is 19.3. The second-order valence-electron chi connectivity index (χ2n) is 3.39. The Morgan fingerprint density at radius 1 is 1.12 bits per heavy atom. The van der Waals surface area contributed by atoms with E-state index in [1.807, 2.05) is 6.08 Å². The van der Waals surface area contributed by atoms with Crippen molar-refractivity contribution in [3.8, 4) is 0 Å². The van der Waals surface area contributed by atoms with Gasteiger partial charge in [-0.3, -0.25) is 0 Å². The first-order valence-corrected chi connectivity index (χ1v) is 7.05. The highest BCUT2D eigenvalue weighted by Gasteiger charge is 2.29. The SMILES string of the molecule is FC(F)(F)c1ccc(/C=C2\CCSS2)cc1. The van der Waals surface area contributed by atoms with Crippen LogP contribution in [0.4, 0.5) is 13.2 Å². The van der Waals surface area contributed by atoms with Gasteiger partial charge in [-0.05, 0) is 35.1 Å². The third-order valence-electron chi connectivity index (χ3n) is 2.16. The van der Waals surface area contributed by atoms with Crippen LogP contribution in [0.1, 0.15) is 17.5 Å². The van der Waals surface area contributed by atoms with E-state index in [0.29, 0.717) is 0 Å². The Balaban J connectivity index is 2.16. The molecule has 0 unspecified atom stereocenters. The van der Waals surface area contributed by atoms with Crippen LogP contribution in [0.3, 0.4) is 0 Å². The average Bonchev–Trinajstić information content (AvgIpc) is 2.70. The Morgan fingerprint density at radius 3 is 2.31 bits per heavy atom. The van der Waals surface area contributed by atoms with E-state index in [4.69, 9.17) is 0 Å². The van der Waals surface area contributed by atoms with Crippen molar-refractivity contribution in [3.05, 3.63) is 40.3 Å². The van der Waals surface area contributed by atoms with E-state index in [-0.39, 0.29) is 0 Å². The van der Waals surface area contributed by atoms with Crippen molar-refractivity contribution < 1.29 is 13.2 Å². The molecule has 16 heavy (non-hydrogen) atoms. The van der Waals surface area contributed by atoms with Gasteiger partial charge in [-0.1, -0.05) is 33.7 Å². The van der Waals surface area contributed by atoms with Gasteiger partial charge >= 0.3 is 6.18 Å². The molecule has 0 nitrogen and oxygen atoms in total. The fraction of sp³-hybridized carbons (Fsp3) is 0.273. The Kier molecular flexibility index (Phi) is 3.54. The van der Waals surface area contributed by atoms with Crippen molar-refractivity contribution in [1.29, 1.82) is 0 Å². The van der Waals surface area contributed by atoms with Crippen LogP contribution in [-0.4, -0.2) is 5.75 Å². The topological polar surface area (TPSA) is 0 Å². The predicted octanol–water partition coefficient (Wildman–Crippen LogP) is 4.83. The molecule has 5 heteroatoms. The molecule has 1 saturated heterocycles. The summed E-state index contributed by atoms with van der Waals surface area (Å²) in [4.78, 5) is 1.23. The minimum Gasteiger partial charge on any atom is -0.166 e. The second-order valence-corrected chi connectivity index (χ2v) is 5.93. The van der Waals surface area contributed by atoms with Gasteiger partial charge in [0.15, 0.2) is 0 Å². The van der Waals surface area contributed by atoms with Crippen molar-refractivity contribution >= 4 is 27.7 Å². The molecule has 0 N–H and O–H groups in total. The molecule has 0 spiro atoms. The maximum absolute atomic E-state index is 12.3. The Morgan fingerprint density at radius 2 is 1.81 bits per heavy atom. The van der Waals surface area contributed by atoms with Crippen LogP contribution in [0, 0.1) is 0 Å². The number of allylic oxidation sites excluding steroid dienone is 1. The van der Waals surface area contributed by atoms with Gasteiger partial charge in [0.2, 0.25) is 0 Å².